The highest BCUT2D eigenvalue weighted by molar-refractivity contribution is 7.89. The Morgan fingerprint density at radius 2 is 1.92 bits per heavy atom. The molecule has 1 N–H and O–H groups in total. The maximum atomic E-state index is 12.3. The van der Waals surface area contributed by atoms with Crippen molar-refractivity contribution in [1.29, 1.82) is 0 Å². The topological polar surface area (TPSA) is 79.4 Å². The molecule has 1 heterocycles. The number of anilines is 1. The number of amides is 1. The van der Waals surface area contributed by atoms with Crippen LogP contribution >= 0.6 is 11.3 Å². The molecule has 24 heavy (non-hydrogen) atoms. The summed E-state index contributed by atoms with van der Waals surface area (Å²) in [4.78, 5) is 16.3. The smallest absolute Gasteiger partial charge is 0.242 e. The van der Waals surface area contributed by atoms with E-state index in [1.54, 1.807) is 38.2 Å². The van der Waals surface area contributed by atoms with Gasteiger partial charge in [-0.05, 0) is 12.1 Å². The number of carbonyl (C=O) groups excluding carboxylic acids is 1. The number of benzene rings is 1. The van der Waals surface area contributed by atoms with E-state index in [0.717, 1.165) is 5.56 Å². The Morgan fingerprint density at radius 3 is 2.46 bits per heavy atom. The molecule has 6 nitrogen and oxygen atoms in total. The summed E-state index contributed by atoms with van der Waals surface area (Å²) in [5.74, 6) is -0.197. The van der Waals surface area contributed by atoms with Crippen LogP contribution in [0.5, 0.6) is 0 Å². The maximum absolute atomic E-state index is 12.3. The third-order valence-electron chi connectivity index (χ3n) is 3.56. The van der Waals surface area contributed by atoms with Gasteiger partial charge in [0.05, 0.1) is 10.6 Å². The van der Waals surface area contributed by atoms with Crippen LogP contribution in [0.2, 0.25) is 0 Å². The summed E-state index contributed by atoms with van der Waals surface area (Å²) < 4.78 is 25.8. The summed E-state index contributed by atoms with van der Waals surface area (Å²) in [7, 11) is -1.90. The minimum absolute atomic E-state index is 0.0834. The molecule has 0 aliphatic rings. The van der Waals surface area contributed by atoms with Crippen molar-refractivity contribution in [1.82, 2.24) is 9.29 Å². The molecule has 2 rings (SSSR count). The second kappa shape index (κ2) is 7.42. The van der Waals surface area contributed by atoms with E-state index in [0.29, 0.717) is 17.4 Å². The summed E-state index contributed by atoms with van der Waals surface area (Å²) in [6, 6.07) is 6.59. The van der Waals surface area contributed by atoms with Gasteiger partial charge in [-0.3, -0.25) is 4.79 Å². The minimum Gasteiger partial charge on any atom is -0.302 e. The molecule has 1 aromatic heterocycles. The van der Waals surface area contributed by atoms with Crippen LogP contribution in [-0.4, -0.2) is 37.2 Å². The summed E-state index contributed by atoms with van der Waals surface area (Å²) >= 11 is 1.34. The lowest BCUT2D eigenvalue weighted by Gasteiger charge is -2.14. The molecule has 130 valence electrons. The van der Waals surface area contributed by atoms with E-state index >= 15 is 0 Å². The zero-order valence-corrected chi connectivity index (χ0v) is 15.7. The average molecular weight is 367 g/mol. The fourth-order valence-corrected chi connectivity index (χ4v) is 3.76. The molecule has 0 bridgehead atoms. The lowest BCUT2D eigenvalue weighted by molar-refractivity contribution is -0.118. The quantitative estimate of drug-likeness (QED) is 0.851. The van der Waals surface area contributed by atoms with Crippen LogP contribution in [0.25, 0.3) is 11.3 Å². The third kappa shape index (κ3) is 4.00. The van der Waals surface area contributed by atoms with Gasteiger partial charge in [0.2, 0.25) is 15.9 Å². The highest BCUT2D eigenvalue weighted by Gasteiger charge is 2.19. The number of hydrogen-bond acceptors (Lipinski definition) is 5. The Kier molecular flexibility index (Phi) is 5.74. The molecule has 0 aliphatic carbocycles. The minimum atomic E-state index is -3.45. The zero-order valence-electron chi connectivity index (χ0n) is 14.1. The number of nitrogens with one attached hydrogen (secondary N) is 1. The molecule has 0 fully saturated rings. The van der Waals surface area contributed by atoms with E-state index in [9.17, 15) is 13.2 Å². The molecule has 0 saturated heterocycles. The van der Waals surface area contributed by atoms with Gasteiger partial charge >= 0.3 is 0 Å². The monoisotopic (exact) mass is 367 g/mol. The number of rotatable bonds is 6. The third-order valence-corrected chi connectivity index (χ3v) is 6.27. The summed E-state index contributed by atoms with van der Waals surface area (Å²) in [6.07, 6.45) is 0. The van der Waals surface area contributed by atoms with Crippen LogP contribution in [0.4, 0.5) is 5.13 Å². The second-order valence-electron chi connectivity index (χ2n) is 5.63. The highest BCUT2D eigenvalue weighted by atomic mass is 32.2. The van der Waals surface area contributed by atoms with Gasteiger partial charge in [-0.1, -0.05) is 32.9 Å². The van der Waals surface area contributed by atoms with Crippen LogP contribution in [0.1, 0.15) is 20.8 Å². The predicted molar refractivity (Wildman–Crippen MR) is 96.5 cm³/mol. The number of aromatic nitrogens is 1. The standard InChI is InChI=1S/C16H21N3O3S2/c1-5-19(4)24(21,22)13-8-6-12(7-9-13)14-10-23-16(17-14)18-15(20)11(2)3/h6-11H,5H2,1-4H3,(H,17,18,20). The summed E-state index contributed by atoms with van der Waals surface area (Å²) in [5.41, 5.74) is 1.50. The van der Waals surface area contributed by atoms with E-state index in [4.69, 9.17) is 0 Å². The maximum Gasteiger partial charge on any atom is 0.242 e. The first kappa shape index (κ1) is 18.6. The second-order valence-corrected chi connectivity index (χ2v) is 8.53. The van der Waals surface area contributed by atoms with Crippen LogP contribution < -0.4 is 5.32 Å². The van der Waals surface area contributed by atoms with Gasteiger partial charge in [-0.2, -0.15) is 0 Å². The zero-order chi connectivity index (χ0) is 17.9. The molecule has 0 spiro atoms. The Morgan fingerprint density at radius 1 is 1.29 bits per heavy atom. The molecule has 0 radical (unpaired) electrons. The van der Waals surface area contributed by atoms with E-state index in [1.807, 2.05) is 19.2 Å². The number of thiazole rings is 1. The lowest BCUT2D eigenvalue weighted by atomic mass is 10.2. The fraction of sp³-hybridized carbons (Fsp3) is 0.375. The van der Waals surface area contributed by atoms with Gasteiger partial charge in [-0.15, -0.1) is 11.3 Å². The van der Waals surface area contributed by atoms with Gasteiger partial charge in [0.1, 0.15) is 0 Å². The summed E-state index contributed by atoms with van der Waals surface area (Å²) in [5, 5.41) is 5.12. The Hall–Kier alpha value is -1.77. The van der Waals surface area contributed by atoms with E-state index in [-0.39, 0.29) is 16.7 Å². The van der Waals surface area contributed by atoms with E-state index < -0.39 is 10.0 Å². The SMILES string of the molecule is CCN(C)S(=O)(=O)c1ccc(-c2csc(NC(=O)C(C)C)n2)cc1. The molecular formula is C16H21N3O3S2. The van der Waals surface area contributed by atoms with Gasteiger partial charge in [0, 0.05) is 30.5 Å². The van der Waals surface area contributed by atoms with E-state index in [2.05, 4.69) is 10.3 Å². The summed E-state index contributed by atoms with van der Waals surface area (Å²) in [6.45, 7) is 5.83. The molecule has 1 amide bonds. The van der Waals surface area contributed by atoms with Crippen LogP contribution in [0.3, 0.4) is 0 Å². The normalized spacial score (nSPS) is 11.9. The van der Waals surface area contributed by atoms with Crippen molar-refractivity contribution in [2.75, 3.05) is 18.9 Å². The van der Waals surface area contributed by atoms with Gasteiger partial charge in [0.25, 0.3) is 0 Å². The fourth-order valence-electron chi connectivity index (χ4n) is 1.86. The first-order chi connectivity index (χ1) is 11.3. The largest absolute Gasteiger partial charge is 0.302 e. The molecule has 1 aromatic carbocycles. The number of sulfonamides is 1. The number of carbonyl (C=O) groups is 1. The van der Waals surface area contributed by atoms with Crippen LogP contribution in [0, 0.1) is 5.92 Å². The lowest BCUT2D eigenvalue weighted by Crippen LogP contribution is -2.26. The van der Waals surface area contributed by atoms with Crippen molar-refractivity contribution >= 4 is 32.4 Å². The Balaban J connectivity index is 2.20. The molecule has 2 aromatic rings. The van der Waals surface area contributed by atoms with Gasteiger partial charge < -0.3 is 5.32 Å². The van der Waals surface area contributed by atoms with Gasteiger partial charge in [0.15, 0.2) is 5.13 Å². The van der Waals surface area contributed by atoms with Crippen molar-refractivity contribution in [2.24, 2.45) is 5.92 Å². The van der Waals surface area contributed by atoms with Crippen LogP contribution in [-0.2, 0) is 14.8 Å². The van der Waals surface area contributed by atoms with Crippen LogP contribution in [0.15, 0.2) is 34.5 Å². The van der Waals surface area contributed by atoms with Crippen molar-refractivity contribution in [3.63, 3.8) is 0 Å². The molecule has 0 aliphatic heterocycles. The molecular weight excluding hydrogens is 346 g/mol. The van der Waals surface area contributed by atoms with Crippen molar-refractivity contribution < 1.29 is 13.2 Å². The van der Waals surface area contributed by atoms with Crippen molar-refractivity contribution in [2.45, 2.75) is 25.7 Å². The molecule has 0 unspecified atom stereocenters. The average Bonchev–Trinajstić information content (AvgIpc) is 3.02. The van der Waals surface area contributed by atoms with Crippen molar-refractivity contribution in [3.05, 3.63) is 29.6 Å². The molecule has 0 saturated carbocycles. The molecule has 8 heteroatoms. The Labute approximate surface area is 146 Å². The first-order valence-corrected chi connectivity index (χ1v) is 9.90. The predicted octanol–water partition coefficient (Wildman–Crippen LogP) is 3.05. The van der Waals surface area contributed by atoms with Crippen molar-refractivity contribution in [3.8, 4) is 11.3 Å². The molecule has 0 atom stereocenters. The Bertz CT molecular complexity index is 811. The first-order valence-electron chi connectivity index (χ1n) is 7.59. The van der Waals surface area contributed by atoms with Gasteiger partial charge in [-0.25, -0.2) is 17.7 Å². The number of nitrogens with zero attached hydrogens (tertiary/aromatic N) is 2. The van der Waals surface area contributed by atoms with E-state index in [1.165, 1.54) is 15.6 Å². The highest BCUT2D eigenvalue weighted by Crippen LogP contribution is 2.26. The number of hydrogen-bond donors (Lipinski definition) is 1.